The highest BCUT2D eigenvalue weighted by Crippen LogP contribution is 2.23. The molecule has 1 fully saturated rings. The fraction of sp³-hybridized carbons (Fsp3) is 0.650. The van der Waals surface area contributed by atoms with Gasteiger partial charge in [-0.25, -0.2) is 0 Å². The molecule has 1 aromatic rings. The number of nitrogens with zero attached hydrogens (tertiary/aromatic N) is 1. The van der Waals surface area contributed by atoms with Crippen LogP contribution in [-0.4, -0.2) is 50.4 Å². The highest BCUT2D eigenvalue weighted by Gasteiger charge is 2.18. The van der Waals surface area contributed by atoms with Crippen LogP contribution >= 0.6 is 11.8 Å². The van der Waals surface area contributed by atoms with Gasteiger partial charge >= 0.3 is 0 Å². The van der Waals surface area contributed by atoms with Gasteiger partial charge in [0.2, 0.25) is 0 Å². The molecular formula is C20H33N3O2S. The SMILES string of the molecule is CN=C(NCc1ccc(C)cc1OCC1CCOC1)NCC(C)(C)SC. The molecule has 0 bridgehead atoms. The molecule has 0 spiro atoms. The van der Waals surface area contributed by atoms with Crippen LogP contribution in [0, 0.1) is 12.8 Å². The summed E-state index contributed by atoms with van der Waals surface area (Å²) in [5.41, 5.74) is 2.34. The molecular weight excluding hydrogens is 346 g/mol. The lowest BCUT2D eigenvalue weighted by Gasteiger charge is -2.24. The van der Waals surface area contributed by atoms with Crippen molar-refractivity contribution in [2.45, 2.75) is 38.5 Å². The maximum atomic E-state index is 6.12. The van der Waals surface area contributed by atoms with E-state index in [1.165, 1.54) is 5.56 Å². The summed E-state index contributed by atoms with van der Waals surface area (Å²) in [5.74, 6) is 2.26. The standard InChI is InChI=1S/C20H33N3O2S/c1-15-6-7-17(18(10-15)25-13-16-8-9-24-12-16)11-22-19(21-4)23-14-20(2,3)26-5/h6-7,10,16H,8-9,11-14H2,1-5H3,(H2,21,22,23). The monoisotopic (exact) mass is 379 g/mol. The Labute approximate surface area is 162 Å². The van der Waals surface area contributed by atoms with E-state index in [2.05, 4.69) is 60.9 Å². The Morgan fingerprint density at radius 1 is 1.38 bits per heavy atom. The van der Waals surface area contributed by atoms with Gasteiger partial charge in [-0.1, -0.05) is 12.1 Å². The smallest absolute Gasteiger partial charge is 0.191 e. The number of hydrogen-bond donors (Lipinski definition) is 2. The molecule has 0 radical (unpaired) electrons. The van der Waals surface area contributed by atoms with Gasteiger partial charge in [-0.05, 0) is 45.1 Å². The fourth-order valence-corrected chi connectivity index (χ4v) is 2.85. The van der Waals surface area contributed by atoms with E-state index in [0.717, 1.165) is 43.5 Å². The van der Waals surface area contributed by atoms with Gasteiger partial charge in [0, 0.05) is 43.0 Å². The van der Waals surface area contributed by atoms with Crippen LogP contribution in [-0.2, 0) is 11.3 Å². The van der Waals surface area contributed by atoms with E-state index in [0.29, 0.717) is 19.1 Å². The number of aliphatic imine (C=N–C) groups is 1. The van der Waals surface area contributed by atoms with Crippen LogP contribution in [0.5, 0.6) is 5.75 Å². The molecule has 1 unspecified atom stereocenters. The third kappa shape index (κ3) is 6.72. The molecule has 1 saturated heterocycles. The number of ether oxygens (including phenoxy) is 2. The number of nitrogens with one attached hydrogen (secondary N) is 2. The summed E-state index contributed by atoms with van der Waals surface area (Å²) >= 11 is 1.84. The molecule has 26 heavy (non-hydrogen) atoms. The van der Waals surface area contributed by atoms with Crippen LogP contribution in [0.15, 0.2) is 23.2 Å². The predicted octanol–water partition coefficient (Wildman–Crippen LogP) is 3.22. The first-order valence-electron chi connectivity index (χ1n) is 9.23. The van der Waals surface area contributed by atoms with E-state index < -0.39 is 0 Å². The highest BCUT2D eigenvalue weighted by atomic mass is 32.2. The molecule has 146 valence electrons. The molecule has 1 aliphatic heterocycles. The Balaban J connectivity index is 1.92. The normalized spacial score (nSPS) is 18.0. The average molecular weight is 380 g/mol. The molecule has 6 heteroatoms. The van der Waals surface area contributed by atoms with Crippen molar-refractivity contribution in [3.8, 4) is 5.75 Å². The molecule has 0 saturated carbocycles. The lowest BCUT2D eigenvalue weighted by atomic mass is 10.1. The van der Waals surface area contributed by atoms with E-state index in [1.54, 1.807) is 7.05 Å². The van der Waals surface area contributed by atoms with E-state index in [1.807, 2.05) is 11.8 Å². The summed E-state index contributed by atoms with van der Waals surface area (Å²) in [4.78, 5) is 4.32. The van der Waals surface area contributed by atoms with Crippen molar-refractivity contribution < 1.29 is 9.47 Å². The van der Waals surface area contributed by atoms with Gasteiger partial charge in [0.1, 0.15) is 5.75 Å². The van der Waals surface area contributed by atoms with Crippen LogP contribution in [0.4, 0.5) is 0 Å². The Kier molecular flexibility index (Phi) is 8.10. The van der Waals surface area contributed by atoms with E-state index >= 15 is 0 Å². The van der Waals surface area contributed by atoms with Gasteiger partial charge in [-0.3, -0.25) is 4.99 Å². The Bertz CT molecular complexity index is 599. The third-order valence-corrected chi connectivity index (χ3v) is 5.87. The summed E-state index contributed by atoms with van der Waals surface area (Å²) in [6.45, 7) is 10.4. The molecule has 0 aromatic heterocycles. The van der Waals surface area contributed by atoms with Crippen molar-refractivity contribution in [3.05, 3.63) is 29.3 Å². The second-order valence-electron chi connectivity index (χ2n) is 7.39. The van der Waals surface area contributed by atoms with Crippen molar-refractivity contribution in [2.75, 3.05) is 39.7 Å². The quantitative estimate of drug-likeness (QED) is 0.537. The van der Waals surface area contributed by atoms with E-state index in [9.17, 15) is 0 Å². The molecule has 1 atom stereocenters. The Morgan fingerprint density at radius 3 is 2.85 bits per heavy atom. The van der Waals surface area contributed by atoms with Crippen LogP contribution < -0.4 is 15.4 Å². The maximum Gasteiger partial charge on any atom is 0.191 e. The number of hydrogen-bond acceptors (Lipinski definition) is 4. The van der Waals surface area contributed by atoms with Crippen molar-refractivity contribution in [1.82, 2.24) is 10.6 Å². The topological polar surface area (TPSA) is 54.9 Å². The van der Waals surface area contributed by atoms with Gasteiger partial charge < -0.3 is 20.1 Å². The first kappa shape index (κ1) is 20.9. The summed E-state index contributed by atoms with van der Waals surface area (Å²) in [6, 6.07) is 6.36. The maximum absolute atomic E-state index is 6.12. The first-order valence-corrected chi connectivity index (χ1v) is 10.5. The number of aryl methyl sites for hydroxylation is 1. The Hall–Kier alpha value is -1.40. The molecule has 0 amide bonds. The summed E-state index contributed by atoms with van der Waals surface area (Å²) in [6.07, 6.45) is 3.21. The largest absolute Gasteiger partial charge is 0.493 e. The van der Waals surface area contributed by atoms with Crippen molar-refractivity contribution in [3.63, 3.8) is 0 Å². The molecule has 1 aliphatic rings. The number of thioether (sulfide) groups is 1. The van der Waals surface area contributed by atoms with Crippen LogP contribution in [0.2, 0.25) is 0 Å². The number of rotatable bonds is 8. The van der Waals surface area contributed by atoms with Crippen molar-refractivity contribution in [2.24, 2.45) is 10.9 Å². The molecule has 1 aromatic carbocycles. The summed E-state index contributed by atoms with van der Waals surface area (Å²) in [5, 5.41) is 6.79. The predicted molar refractivity (Wildman–Crippen MR) is 111 cm³/mol. The minimum absolute atomic E-state index is 0.166. The molecule has 5 nitrogen and oxygen atoms in total. The molecule has 2 N–H and O–H groups in total. The van der Waals surface area contributed by atoms with Crippen molar-refractivity contribution in [1.29, 1.82) is 0 Å². The molecule has 0 aliphatic carbocycles. The minimum Gasteiger partial charge on any atom is -0.493 e. The zero-order valence-electron chi connectivity index (χ0n) is 16.7. The third-order valence-electron chi connectivity index (χ3n) is 4.63. The minimum atomic E-state index is 0.166. The lowest BCUT2D eigenvalue weighted by Crippen LogP contribution is -2.43. The molecule has 2 rings (SSSR count). The van der Waals surface area contributed by atoms with Gasteiger partial charge in [0.25, 0.3) is 0 Å². The van der Waals surface area contributed by atoms with E-state index in [-0.39, 0.29) is 4.75 Å². The first-order chi connectivity index (χ1) is 12.4. The van der Waals surface area contributed by atoms with Gasteiger partial charge in [-0.15, -0.1) is 0 Å². The van der Waals surface area contributed by atoms with Gasteiger partial charge in [0.05, 0.1) is 13.2 Å². The van der Waals surface area contributed by atoms with Crippen molar-refractivity contribution >= 4 is 17.7 Å². The van der Waals surface area contributed by atoms with Crippen LogP contribution in [0.3, 0.4) is 0 Å². The van der Waals surface area contributed by atoms with Crippen LogP contribution in [0.1, 0.15) is 31.4 Å². The lowest BCUT2D eigenvalue weighted by molar-refractivity contribution is 0.166. The van der Waals surface area contributed by atoms with Gasteiger partial charge in [0.15, 0.2) is 5.96 Å². The van der Waals surface area contributed by atoms with Crippen LogP contribution in [0.25, 0.3) is 0 Å². The second-order valence-corrected chi connectivity index (χ2v) is 8.91. The molecule has 1 heterocycles. The van der Waals surface area contributed by atoms with Gasteiger partial charge in [-0.2, -0.15) is 11.8 Å². The highest BCUT2D eigenvalue weighted by molar-refractivity contribution is 7.99. The Morgan fingerprint density at radius 2 is 2.19 bits per heavy atom. The zero-order chi connectivity index (χ0) is 19.0. The second kappa shape index (κ2) is 10.1. The number of guanidine groups is 1. The summed E-state index contributed by atoms with van der Waals surface area (Å²) < 4.78 is 11.7. The average Bonchev–Trinajstić information content (AvgIpc) is 3.15. The zero-order valence-corrected chi connectivity index (χ0v) is 17.5. The van der Waals surface area contributed by atoms with E-state index in [4.69, 9.17) is 9.47 Å². The number of benzene rings is 1. The fourth-order valence-electron chi connectivity index (χ4n) is 2.63. The summed E-state index contributed by atoms with van der Waals surface area (Å²) in [7, 11) is 1.80.